The molecule has 1 atom stereocenters. The van der Waals surface area contributed by atoms with Crippen LogP contribution >= 0.6 is 0 Å². The third-order valence-corrected chi connectivity index (χ3v) is 4.77. The van der Waals surface area contributed by atoms with E-state index in [1.165, 1.54) is 0 Å². The molecule has 0 unspecified atom stereocenters. The minimum atomic E-state index is -0.0192. The molecule has 4 rings (SSSR count). The van der Waals surface area contributed by atoms with E-state index >= 15 is 0 Å². The Morgan fingerprint density at radius 1 is 1.28 bits per heavy atom. The van der Waals surface area contributed by atoms with Crippen molar-refractivity contribution in [3.63, 3.8) is 0 Å². The summed E-state index contributed by atoms with van der Waals surface area (Å²) in [6, 6.07) is 7.70. The van der Waals surface area contributed by atoms with E-state index in [-0.39, 0.29) is 5.91 Å². The number of nitrogens with one attached hydrogen (secondary N) is 1. The Morgan fingerprint density at radius 2 is 2.12 bits per heavy atom. The highest BCUT2D eigenvalue weighted by molar-refractivity contribution is 6.04. The summed E-state index contributed by atoms with van der Waals surface area (Å²) in [4.78, 5) is 23.2. The number of carbonyl (C=O) groups excluding carboxylic acids is 1. The Labute approximate surface area is 145 Å². The van der Waals surface area contributed by atoms with E-state index in [9.17, 15) is 4.79 Å². The fourth-order valence-electron chi connectivity index (χ4n) is 3.50. The van der Waals surface area contributed by atoms with Crippen LogP contribution in [0, 0.1) is 5.92 Å². The lowest BCUT2D eigenvalue weighted by Gasteiger charge is -2.32. The van der Waals surface area contributed by atoms with Gasteiger partial charge in [-0.1, -0.05) is 18.2 Å². The summed E-state index contributed by atoms with van der Waals surface area (Å²) in [6.45, 7) is 1.45. The lowest BCUT2D eigenvalue weighted by molar-refractivity contribution is 0.0669. The van der Waals surface area contributed by atoms with Crippen LogP contribution in [0.3, 0.4) is 0 Å². The van der Waals surface area contributed by atoms with E-state index in [0.717, 1.165) is 42.4 Å². The zero-order valence-corrected chi connectivity index (χ0v) is 13.9. The number of H-pyrrole nitrogens is 1. The molecule has 1 saturated heterocycles. The minimum Gasteiger partial charge on any atom is -0.382 e. The Kier molecular flexibility index (Phi) is 4.05. The number of nitrogen functional groups attached to an aromatic ring is 1. The van der Waals surface area contributed by atoms with Gasteiger partial charge in [-0.2, -0.15) is 5.10 Å². The van der Waals surface area contributed by atoms with E-state index in [2.05, 4.69) is 20.2 Å². The Balaban J connectivity index is 1.51. The van der Waals surface area contributed by atoms with Crippen LogP contribution in [-0.2, 0) is 6.42 Å². The molecular formula is C18H20N6O. The Bertz CT molecular complexity index is 905. The van der Waals surface area contributed by atoms with Crippen LogP contribution in [0.4, 0.5) is 5.82 Å². The summed E-state index contributed by atoms with van der Waals surface area (Å²) in [5, 5.41) is 8.04. The van der Waals surface area contributed by atoms with Crippen LogP contribution < -0.4 is 5.73 Å². The molecule has 1 aliphatic heterocycles. The van der Waals surface area contributed by atoms with Crippen LogP contribution in [0.15, 0.2) is 36.7 Å². The number of amides is 1. The fraction of sp³-hybridized carbons (Fsp3) is 0.333. The largest absolute Gasteiger partial charge is 0.382 e. The summed E-state index contributed by atoms with van der Waals surface area (Å²) < 4.78 is 0. The molecule has 1 aromatic carbocycles. The van der Waals surface area contributed by atoms with Gasteiger partial charge in [0.05, 0.1) is 11.2 Å². The molecule has 2 aromatic heterocycles. The van der Waals surface area contributed by atoms with Gasteiger partial charge >= 0.3 is 0 Å². The molecule has 1 amide bonds. The summed E-state index contributed by atoms with van der Waals surface area (Å²) in [5.74, 6) is 0.792. The van der Waals surface area contributed by atoms with Crippen molar-refractivity contribution in [3.05, 3.63) is 48.0 Å². The second-order valence-corrected chi connectivity index (χ2v) is 6.47. The van der Waals surface area contributed by atoms with Crippen molar-refractivity contribution in [3.8, 4) is 0 Å². The maximum Gasteiger partial charge on any atom is 0.275 e. The maximum absolute atomic E-state index is 12.9. The molecule has 3 aromatic rings. The summed E-state index contributed by atoms with van der Waals surface area (Å²) >= 11 is 0. The first-order chi connectivity index (χ1) is 12.2. The highest BCUT2D eigenvalue weighted by Gasteiger charge is 2.27. The average Bonchev–Trinajstić information content (AvgIpc) is 3.07. The second-order valence-electron chi connectivity index (χ2n) is 6.47. The van der Waals surface area contributed by atoms with Gasteiger partial charge in [0, 0.05) is 30.9 Å². The molecule has 3 N–H and O–H groups in total. The topological polar surface area (TPSA) is 101 Å². The number of aromatic nitrogens is 4. The first kappa shape index (κ1) is 15.6. The second kappa shape index (κ2) is 6.51. The average molecular weight is 336 g/mol. The highest BCUT2D eigenvalue weighted by Crippen LogP contribution is 2.24. The molecule has 0 saturated carbocycles. The molecule has 0 radical (unpaired) electrons. The summed E-state index contributed by atoms with van der Waals surface area (Å²) in [6.07, 6.45) is 6.02. The van der Waals surface area contributed by atoms with Gasteiger partial charge < -0.3 is 10.6 Å². The molecule has 25 heavy (non-hydrogen) atoms. The van der Waals surface area contributed by atoms with Crippen molar-refractivity contribution < 1.29 is 4.79 Å². The van der Waals surface area contributed by atoms with Crippen molar-refractivity contribution >= 4 is 22.6 Å². The normalized spacial score (nSPS) is 17.8. The first-order valence-electron chi connectivity index (χ1n) is 8.50. The Hall–Kier alpha value is -2.96. The molecule has 0 bridgehead atoms. The Morgan fingerprint density at radius 3 is 3.00 bits per heavy atom. The number of fused-ring (bicyclic) bond motifs is 1. The molecule has 3 heterocycles. The third kappa shape index (κ3) is 3.05. The number of carbonyl (C=O) groups is 1. The van der Waals surface area contributed by atoms with E-state index in [1.807, 2.05) is 29.2 Å². The van der Waals surface area contributed by atoms with Crippen molar-refractivity contribution in [2.75, 3.05) is 18.8 Å². The van der Waals surface area contributed by atoms with Gasteiger partial charge in [-0.25, -0.2) is 4.98 Å². The van der Waals surface area contributed by atoms with Crippen molar-refractivity contribution in [1.82, 2.24) is 25.1 Å². The van der Waals surface area contributed by atoms with E-state index < -0.39 is 0 Å². The number of nitrogens with zero attached hydrogens (tertiary/aromatic N) is 4. The molecule has 1 aliphatic rings. The third-order valence-electron chi connectivity index (χ3n) is 4.77. The van der Waals surface area contributed by atoms with Crippen molar-refractivity contribution in [2.24, 2.45) is 5.92 Å². The smallest absolute Gasteiger partial charge is 0.275 e. The van der Waals surface area contributed by atoms with Crippen LogP contribution in [0.25, 0.3) is 10.9 Å². The van der Waals surface area contributed by atoms with Crippen molar-refractivity contribution in [1.29, 1.82) is 0 Å². The number of benzene rings is 1. The molecule has 128 valence electrons. The van der Waals surface area contributed by atoms with Gasteiger partial charge in [0.15, 0.2) is 5.69 Å². The van der Waals surface area contributed by atoms with E-state index in [1.54, 1.807) is 12.4 Å². The standard InChI is InChI=1S/C18H20N6O/c19-17-15(20-7-8-21-17)10-12-4-3-9-24(11-12)18(25)16-13-5-1-2-6-14(13)22-23-16/h1-2,5-8,12H,3-4,9-11H2,(H2,19,21)(H,22,23)/t12-/m1/s1. The number of hydrogen-bond acceptors (Lipinski definition) is 5. The number of piperidine rings is 1. The summed E-state index contributed by atoms with van der Waals surface area (Å²) in [5.41, 5.74) is 8.09. The number of likely N-dealkylation sites (tertiary alicyclic amines) is 1. The molecule has 0 aliphatic carbocycles. The van der Waals surface area contributed by atoms with E-state index in [4.69, 9.17) is 5.73 Å². The molecule has 1 fully saturated rings. The lowest BCUT2D eigenvalue weighted by Crippen LogP contribution is -2.40. The van der Waals surface area contributed by atoms with Crippen LogP contribution in [0.1, 0.15) is 29.0 Å². The number of hydrogen-bond donors (Lipinski definition) is 2. The predicted octanol–water partition coefficient (Wildman–Crippen LogP) is 2.03. The quantitative estimate of drug-likeness (QED) is 0.762. The highest BCUT2D eigenvalue weighted by atomic mass is 16.2. The molecule has 7 heteroatoms. The van der Waals surface area contributed by atoms with Gasteiger partial charge in [-0.15, -0.1) is 0 Å². The number of nitrogens with two attached hydrogens (primary N) is 1. The maximum atomic E-state index is 12.9. The molecular weight excluding hydrogens is 316 g/mol. The van der Waals surface area contributed by atoms with Crippen LogP contribution in [0.2, 0.25) is 0 Å². The van der Waals surface area contributed by atoms with Gasteiger partial charge in [-0.05, 0) is 31.2 Å². The number of para-hydroxylation sites is 1. The van der Waals surface area contributed by atoms with Gasteiger partial charge in [0.2, 0.25) is 0 Å². The van der Waals surface area contributed by atoms with Gasteiger partial charge in [0.1, 0.15) is 5.82 Å². The molecule has 7 nitrogen and oxygen atoms in total. The molecule has 0 spiro atoms. The number of rotatable bonds is 3. The number of anilines is 1. The predicted molar refractivity (Wildman–Crippen MR) is 94.9 cm³/mol. The lowest BCUT2D eigenvalue weighted by atomic mass is 9.93. The van der Waals surface area contributed by atoms with Gasteiger partial charge in [0.25, 0.3) is 5.91 Å². The van der Waals surface area contributed by atoms with Crippen LogP contribution in [-0.4, -0.2) is 44.1 Å². The zero-order valence-electron chi connectivity index (χ0n) is 13.9. The fourth-order valence-corrected chi connectivity index (χ4v) is 3.50. The summed E-state index contributed by atoms with van der Waals surface area (Å²) in [7, 11) is 0. The first-order valence-corrected chi connectivity index (χ1v) is 8.50. The zero-order chi connectivity index (χ0) is 17.2. The monoisotopic (exact) mass is 336 g/mol. The SMILES string of the molecule is Nc1nccnc1C[C@H]1CCCN(C(=O)c2n[nH]c3ccccc23)C1. The van der Waals surface area contributed by atoms with Crippen molar-refractivity contribution in [2.45, 2.75) is 19.3 Å². The minimum absolute atomic E-state index is 0.0192. The van der Waals surface area contributed by atoms with E-state index in [0.29, 0.717) is 24.0 Å². The number of aromatic amines is 1. The van der Waals surface area contributed by atoms with Gasteiger partial charge in [-0.3, -0.25) is 14.9 Å². The van der Waals surface area contributed by atoms with Crippen LogP contribution in [0.5, 0.6) is 0 Å².